The first-order chi connectivity index (χ1) is 10.1. The molecule has 0 aliphatic rings. The van der Waals surface area contributed by atoms with Gasteiger partial charge in [-0.05, 0) is 24.3 Å². The number of halogens is 2. The normalized spacial score (nSPS) is 10.2. The minimum absolute atomic E-state index is 0.147. The molecule has 21 heavy (non-hydrogen) atoms. The summed E-state index contributed by atoms with van der Waals surface area (Å²) < 4.78 is 24.3. The van der Waals surface area contributed by atoms with E-state index in [1.54, 1.807) is 36.4 Å². The van der Waals surface area contributed by atoms with Gasteiger partial charge in [0.2, 0.25) is 0 Å². The van der Waals surface area contributed by atoms with E-state index in [1.807, 2.05) is 0 Å². The van der Waals surface area contributed by atoms with Gasteiger partial charge >= 0.3 is 5.97 Å². The number of para-hydroxylation sites is 2. The number of hydrogen-bond donors (Lipinski definition) is 1. The Labute approximate surface area is 129 Å². The Morgan fingerprint density at radius 3 is 2.71 bits per heavy atom. The van der Waals surface area contributed by atoms with Crippen LogP contribution in [0.2, 0.25) is 0 Å². The zero-order valence-electron chi connectivity index (χ0n) is 11.0. The van der Waals surface area contributed by atoms with E-state index >= 15 is 0 Å². The maximum absolute atomic E-state index is 13.5. The Hall–Kier alpha value is -2.08. The number of ether oxygens (including phenoxy) is 2. The number of rotatable bonds is 5. The zero-order chi connectivity index (χ0) is 15.2. The first-order valence-corrected chi connectivity index (χ1v) is 6.92. The molecule has 110 valence electrons. The lowest BCUT2D eigenvalue weighted by atomic mass is 10.2. The molecule has 2 N–H and O–H groups in total. The van der Waals surface area contributed by atoms with E-state index in [2.05, 4.69) is 15.9 Å². The summed E-state index contributed by atoms with van der Waals surface area (Å²) >= 11 is 3.15. The van der Waals surface area contributed by atoms with E-state index in [-0.39, 0.29) is 13.2 Å². The first kappa shape index (κ1) is 15.3. The van der Waals surface area contributed by atoms with Crippen LogP contribution in [0.1, 0.15) is 5.56 Å². The summed E-state index contributed by atoms with van der Waals surface area (Å²) in [4.78, 5) is 11.6. The number of carbonyl (C=O) groups is 1. The monoisotopic (exact) mass is 353 g/mol. The van der Waals surface area contributed by atoms with Crippen LogP contribution in [0.15, 0.2) is 46.9 Å². The second-order valence-corrected chi connectivity index (χ2v) is 5.14. The van der Waals surface area contributed by atoms with Crippen molar-refractivity contribution in [3.8, 4) is 5.75 Å². The third-order valence-corrected chi connectivity index (χ3v) is 3.16. The molecule has 2 aromatic carbocycles. The molecule has 0 aliphatic carbocycles. The summed E-state index contributed by atoms with van der Waals surface area (Å²) in [6, 6.07) is 11.3. The number of hydrogen-bond acceptors (Lipinski definition) is 4. The lowest BCUT2D eigenvalue weighted by Crippen LogP contribution is -2.15. The third-order valence-electron chi connectivity index (χ3n) is 2.67. The summed E-state index contributed by atoms with van der Waals surface area (Å²) in [7, 11) is 0. The number of benzene rings is 2. The first-order valence-electron chi connectivity index (χ1n) is 6.13. The summed E-state index contributed by atoms with van der Waals surface area (Å²) in [6.45, 7) is -0.433. The molecule has 2 aromatic rings. The fourth-order valence-corrected chi connectivity index (χ4v) is 1.92. The number of nitrogen functional groups attached to an aromatic ring is 1. The van der Waals surface area contributed by atoms with Gasteiger partial charge < -0.3 is 15.2 Å². The van der Waals surface area contributed by atoms with Gasteiger partial charge in [0.15, 0.2) is 6.61 Å². The van der Waals surface area contributed by atoms with Crippen LogP contribution in [0.25, 0.3) is 0 Å². The average Bonchev–Trinajstić information content (AvgIpc) is 2.45. The molecular weight excluding hydrogens is 341 g/mol. The second-order valence-electron chi connectivity index (χ2n) is 4.22. The minimum Gasteiger partial charge on any atom is -0.480 e. The molecule has 0 saturated heterocycles. The Morgan fingerprint density at radius 2 is 2.00 bits per heavy atom. The molecule has 0 spiro atoms. The average molecular weight is 354 g/mol. The molecule has 0 amide bonds. The van der Waals surface area contributed by atoms with E-state index < -0.39 is 11.8 Å². The molecule has 2 rings (SSSR count). The zero-order valence-corrected chi connectivity index (χ0v) is 12.6. The lowest BCUT2D eigenvalue weighted by Gasteiger charge is -2.09. The van der Waals surface area contributed by atoms with Crippen molar-refractivity contribution in [2.75, 3.05) is 12.3 Å². The van der Waals surface area contributed by atoms with Crippen molar-refractivity contribution >= 4 is 27.6 Å². The summed E-state index contributed by atoms with van der Waals surface area (Å²) in [5.74, 6) is -0.629. The van der Waals surface area contributed by atoms with Gasteiger partial charge in [0.1, 0.15) is 18.2 Å². The van der Waals surface area contributed by atoms with Gasteiger partial charge in [-0.3, -0.25) is 0 Å². The van der Waals surface area contributed by atoms with Crippen LogP contribution in [0.3, 0.4) is 0 Å². The van der Waals surface area contributed by atoms with Gasteiger partial charge in [0, 0.05) is 10.0 Å². The van der Waals surface area contributed by atoms with Gasteiger partial charge in [-0.25, -0.2) is 9.18 Å². The minimum atomic E-state index is -0.597. The van der Waals surface area contributed by atoms with Gasteiger partial charge in [0.05, 0.1) is 5.69 Å². The summed E-state index contributed by atoms with van der Waals surface area (Å²) in [5.41, 5.74) is 6.41. The molecule has 0 unspecified atom stereocenters. The van der Waals surface area contributed by atoms with Gasteiger partial charge in [-0.15, -0.1) is 0 Å². The predicted octanol–water partition coefficient (Wildman–Crippen LogP) is 3.29. The van der Waals surface area contributed by atoms with Crippen LogP contribution in [-0.4, -0.2) is 12.6 Å². The van der Waals surface area contributed by atoms with Crippen molar-refractivity contribution in [1.82, 2.24) is 0 Å². The number of anilines is 1. The standard InChI is InChI=1S/C15H13BrFNO3/c16-11-6-5-10(12(17)7-11)8-21-15(19)9-20-14-4-2-1-3-13(14)18/h1-7H,8-9,18H2. The highest BCUT2D eigenvalue weighted by Gasteiger charge is 2.09. The van der Waals surface area contributed by atoms with Crippen molar-refractivity contribution in [2.24, 2.45) is 0 Å². The molecule has 0 aromatic heterocycles. The van der Waals surface area contributed by atoms with Gasteiger partial charge in [0.25, 0.3) is 0 Å². The predicted molar refractivity (Wildman–Crippen MR) is 80.2 cm³/mol. The molecule has 0 bridgehead atoms. The molecule has 0 heterocycles. The molecular formula is C15H13BrFNO3. The lowest BCUT2D eigenvalue weighted by molar-refractivity contribution is -0.147. The molecule has 0 atom stereocenters. The van der Waals surface area contributed by atoms with Crippen molar-refractivity contribution in [3.63, 3.8) is 0 Å². The Bertz CT molecular complexity index is 649. The summed E-state index contributed by atoms with van der Waals surface area (Å²) in [5, 5.41) is 0. The molecule has 6 heteroatoms. The number of carbonyl (C=O) groups excluding carboxylic acids is 1. The largest absolute Gasteiger partial charge is 0.480 e. The van der Waals surface area contributed by atoms with E-state index in [0.717, 1.165) is 0 Å². The molecule has 0 fully saturated rings. The smallest absolute Gasteiger partial charge is 0.344 e. The van der Waals surface area contributed by atoms with Gasteiger partial charge in [-0.2, -0.15) is 0 Å². The number of nitrogens with two attached hydrogens (primary N) is 1. The Morgan fingerprint density at radius 1 is 1.24 bits per heavy atom. The molecule has 0 saturated carbocycles. The van der Waals surface area contributed by atoms with E-state index in [0.29, 0.717) is 21.5 Å². The van der Waals surface area contributed by atoms with Crippen LogP contribution in [-0.2, 0) is 16.1 Å². The van der Waals surface area contributed by atoms with E-state index in [9.17, 15) is 9.18 Å². The van der Waals surface area contributed by atoms with E-state index in [1.165, 1.54) is 6.07 Å². The van der Waals surface area contributed by atoms with Crippen LogP contribution in [0.5, 0.6) is 5.75 Å². The van der Waals surface area contributed by atoms with Gasteiger partial charge in [-0.1, -0.05) is 34.1 Å². The fourth-order valence-electron chi connectivity index (χ4n) is 1.59. The van der Waals surface area contributed by atoms with Crippen molar-refractivity contribution < 1.29 is 18.7 Å². The summed E-state index contributed by atoms with van der Waals surface area (Å²) in [6.07, 6.45) is 0. The Balaban J connectivity index is 1.84. The van der Waals surface area contributed by atoms with E-state index in [4.69, 9.17) is 15.2 Å². The number of esters is 1. The highest BCUT2D eigenvalue weighted by atomic mass is 79.9. The highest BCUT2D eigenvalue weighted by Crippen LogP contribution is 2.20. The Kier molecular flexibility index (Phi) is 5.16. The van der Waals surface area contributed by atoms with Crippen molar-refractivity contribution in [1.29, 1.82) is 0 Å². The SMILES string of the molecule is Nc1ccccc1OCC(=O)OCc1ccc(Br)cc1F. The maximum atomic E-state index is 13.5. The third kappa shape index (κ3) is 4.46. The van der Waals surface area contributed by atoms with Crippen LogP contribution < -0.4 is 10.5 Å². The topological polar surface area (TPSA) is 61.5 Å². The van der Waals surface area contributed by atoms with Crippen LogP contribution in [0, 0.1) is 5.82 Å². The van der Waals surface area contributed by atoms with Crippen LogP contribution >= 0.6 is 15.9 Å². The molecule has 0 aliphatic heterocycles. The highest BCUT2D eigenvalue weighted by molar-refractivity contribution is 9.10. The molecule has 0 radical (unpaired) electrons. The fraction of sp³-hybridized carbons (Fsp3) is 0.133. The van der Waals surface area contributed by atoms with Crippen LogP contribution in [0.4, 0.5) is 10.1 Å². The van der Waals surface area contributed by atoms with Crippen molar-refractivity contribution in [3.05, 3.63) is 58.3 Å². The maximum Gasteiger partial charge on any atom is 0.344 e. The molecule has 4 nitrogen and oxygen atoms in total. The quantitative estimate of drug-likeness (QED) is 0.661. The second kappa shape index (κ2) is 7.08. The van der Waals surface area contributed by atoms with Crippen molar-refractivity contribution in [2.45, 2.75) is 6.61 Å².